The van der Waals surface area contributed by atoms with Crippen molar-refractivity contribution in [2.45, 2.75) is 19.4 Å². The summed E-state index contributed by atoms with van der Waals surface area (Å²) < 4.78 is 6.17. The second-order valence-electron chi connectivity index (χ2n) is 3.99. The van der Waals surface area contributed by atoms with E-state index in [9.17, 15) is 0 Å². The van der Waals surface area contributed by atoms with Crippen molar-refractivity contribution in [1.29, 1.82) is 0 Å². The molecule has 1 atom stereocenters. The molecule has 0 aliphatic heterocycles. The molecule has 0 aliphatic carbocycles. The van der Waals surface area contributed by atoms with Crippen LogP contribution >= 0.6 is 15.9 Å². The fourth-order valence-electron chi connectivity index (χ4n) is 1.74. The Hall–Kier alpha value is -0.840. The zero-order chi connectivity index (χ0) is 13.4. The van der Waals surface area contributed by atoms with E-state index in [1.807, 2.05) is 19.1 Å². The number of benzene rings is 1. The Morgan fingerprint density at radius 2 is 2.28 bits per heavy atom. The summed E-state index contributed by atoms with van der Waals surface area (Å²) in [5.74, 6) is 0.837. The van der Waals surface area contributed by atoms with E-state index in [4.69, 9.17) is 10.5 Å². The van der Waals surface area contributed by atoms with Crippen molar-refractivity contribution >= 4 is 15.9 Å². The first kappa shape index (κ1) is 15.2. The Morgan fingerprint density at radius 3 is 2.83 bits per heavy atom. The second kappa shape index (κ2) is 8.29. The lowest BCUT2D eigenvalue weighted by molar-refractivity contribution is 0.411. The Morgan fingerprint density at radius 1 is 1.50 bits per heavy atom. The standard InChI is InChI=1S/C14H21BrN2O/c1-3-4-5-8-17-13(10-16)11-6-7-14(18-2)12(15)9-11/h3-4,6-7,9,13,17H,5,8,10,16H2,1-2H3/b4-3+. The van der Waals surface area contributed by atoms with Crippen molar-refractivity contribution in [1.82, 2.24) is 5.32 Å². The van der Waals surface area contributed by atoms with Crippen LogP contribution < -0.4 is 15.8 Å². The third-order valence-electron chi connectivity index (χ3n) is 2.75. The average molecular weight is 313 g/mol. The SMILES string of the molecule is C/C=C/CCNC(CN)c1ccc(OC)c(Br)c1. The summed E-state index contributed by atoms with van der Waals surface area (Å²) in [5.41, 5.74) is 6.98. The summed E-state index contributed by atoms with van der Waals surface area (Å²) in [6.45, 7) is 3.53. The smallest absolute Gasteiger partial charge is 0.133 e. The van der Waals surface area contributed by atoms with Gasteiger partial charge in [0.1, 0.15) is 5.75 Å². The minimum atomic E-state index is 0.178. The molecule has 18 heavy (non-hydrogen) atoms. The highest BCUT2D eigenvalue weighted by Gasteiger charge is 2.10. The molecule has 1 unspecified atom stereocenters. The summed E-state index contributed by atoms with van der Waals surface area (Å²) in [4.78, 5) is 0. The molecule has 0 heterocycles. The van der Waals surface area contributed by atoms with Gasteiger partial charge in [-0.3, -0.25) is 0 Å². The first-order valence-corrected chi connectivity index (χ1v) is 6.90. The molecule has 0 aliphatic rings. The normalized spacial score (nSPS) is 12.9. The molecule has 0 saturated carbocycles. The number of hydrogen-bond donors (Lipinski definition) is 2. The number of nitrogens with one attached hydrogen (secondary N) is 1. The summed E-state index contributed by atoms with van der Waals surface area (Å²) in [6, 6.07) is 6.23. The zero-order valence-corrected chi connectivity index (χ0v) is 12.5. The van der Waals surface area contributed by atoms with E-state index >= 15 is 0 Å². The molecule has 1 rings (SSSR count). The topological polar surface area (TPSA) is 47.3 Å². The van der Waals surface area contributed by atoms with E-state index in [1.165, 1.54) is 5.56 Å². The first-order chi connectivity index (χ1) is 8.72. The molecule has 1 aromatic carbocycles. The van der Waals surface area contributed by atoms with Crippen LogP contribution in [0.5, 0.6) is 5.75 Å². The third kappa shape index (κ3) is 4.44. The number of methoxy groups -OCH3 is 1. The van der Waals surface area contributed by atoms with Gasteiger partial charge in [-0.15, -0.1) is 0 Å². The van der Waals surface area contributed by atoms with E-state index in [2.05, 4.69) is 39.5 Å². The van der Waals surface area contributed by atoms with E-state index in [0.717, 1.165) is 23.2 Å². The number of allylic oxidation sites excluding steroid dienone is 1. The monoisotopic (exact) mass is 312 g/mol. The van der Waals surface area contributed by atoms with Crippen LogP contribution in [0.2, 0.25) is 0 Å². The van der Waals surface area contributed by atoms with E-state index in [-0.39, 0.29) is 6.04 Å². The van der Waals surface area contributed by atoms with Gasteiger partial charge in [-0.05, 0) is 53.5 Å². The van der Waals surface area contributed by atoms with Crippen LogP contribution in [0.1, 0.15) is 24.9 Å². The summed E-state index contributed by atoms with van der Waals surface area (Å²) in [5, 5.41) is 3.45. The average Bonchev–Trinajstić information content (AvgIpc) is 2.39. The van der Waals surface area contributed by atoms with E-state index in [0.29, 0.717) is 6.54 Å². The summed E-state index contributed by atoms with van der Waals surface area (Å²) >= 11 is 3.49. The molecule has 0 saturated heterocycles. The third-order valence-corrected chi connectivity index (χ3v) is 3.37. The number of hydrogen-bond acceptors (Lipinski definition) is 3. The minimum Gasteiger partial charge on any atom is -0.496 e. The predicted molar refractivity (Wildman–Crippen MR) is 79.9 cm³/mol. The maximum atomic E-state index is 5.81. The van der Waals surface area contributed by atoms with Gasteiger partial charge in [0.25, 0.3) is 0 Å². The zero-order valence-electron chi connectivity index (χ0n) is 10.9. The van der Waals surface area contributed by atoms with Crippen LogP contribution in [0.25, 0.3) is 0 Å². The molecule has 3 nitrogen and oxygen atoms in total. The molecule has 0 amide bonds. The molecular weight excluding hydrogens is 292 g/mol. The predicted octanol–water partition coefficient (Wildman–Crippen LogP) is 3.01. The highest BCUT2D eigenvalue weighted by atomic mass is 79.9. The van der Waals surface area contributed by atoms with Gasteiger partial charge >= 0.3 is 0 Å². The molecule has 0 spiro atoms. The quantitative estimate of drug-likeness (QED) is 0.601. The van der Waals surface area contributed by atoms with Crippen molar-refractivity contribution < 1.29 is 4.74 Å². The Balaban J connectivity index is 2.66. The van der Waals surface area contributed by atoms with Gasteiger partial charge in [-0.1, -0.05) is 18.2 Å². The van der Waals surface area contributed by atoms with Crippen molar-refractivity contribution in [3.05, 3.63) is 40.4 Å². The van der Waals surface area contributed by atoms with E-state index in [1.54, 1.807) is 7.11 Å². The van der Waals surface area contributed by atoms with Gasteiger partial charge in [0.15, 0.2) is 0 Å². The van der Waals surface area contributed by atoms with Crippen molar-refractivity contribution in [2.75, 3.05) is 20.2 Å². The fourth-order valence-corrected chi connectivity index (χ4v) is 2.30. The molecule has 0 radical (unpaired) electrons. The van der Waals surface area contributed by atoms with Crippen LogP contribution in [0, 0.1) is 0 Å². The lowest BCUT2D eigenvalue weighted by Gasteiger charge is -2.18. The van der Waals surface area contributed by atoms with Crippen LogP contribution in [0.15, 0.2) is 34.8 Å². The molecule has 0 fully saturated rings. The van der Waals surface area contributed by atoms with Gasteiger partial charge in [-0.2, -0.15) is 0 Å². The molecule has 3 N–H and O–H groups in total. The highest BCUT2D eigenvalue weighted by Crippen LogP contribution is 2.27. The van der Waals surface area contributed by atoms with Crippen molar-refractivity contribution in [2.24, 2.45) is 5.73 Å². The van der Waals surface area contributed by atoms with Gasteiger partial charge < -0.3 is 15.8 Å². The second-order valence-corrected chi connectivity index (χ2v) is 4.85. The number of nitrogens with two attached hydrogens (primary N) is 1. The maximum absolute atomic E-state index is 5.81. The minimum absolute atomic E-state index is 0.178. The number of ether oxygens (including phenoxy) is 1. The van der Waals surface area contributed by atoms with Gasteiger partial charge in [0.05, 0.1) is 11.6 Å². The number of halogens is 1. The molecule has 1 aromatic rings. The molecule has 100 valence electrons. The fraction of sp³-hybridized carbons (Fsp3) is 0.429. The van der Waals surface area contributed by atoms with Crippen molar-refractivity contribution in [3.8, 4) is 5.75 Å². The van der Waals surface area contributed by atoms with Crippen molar-refractivity contribution in [3.63, 3.8) is 0 Å². The molecule has 0 bridgehead atoms. The Bertz CT molecular complexity index is 393. The molecule has 4 heteroatoms. The highest BCUT2D eigenvalue weighted by molar-refractivity contribution is 9.10. The van der Waals surface area contributed by atoms with Crippen LogP contribution in [0.3, 0.4) is 0 Å². The van der Waals surface area contributed by atoms with E-state index < -0.39 is 0 Å². The van der Waals surface area contributed by atoms with Crippen LogP contribution in [-0.4, -0.2) is 20.2 Å². The summed E-state index contributed by atoms with van der Waals surface area (Å²) in [7, 11) is 1.66. The van der Waals surface area contributed by atoms with Gasteiger partial charge in [0.2, 0.25) is 0 Å². The van der Waals surface area contributed by atoms with Crippen LogP contribution in [0.4, 0.5) is 0 Å². The number of rotatable bonds is 7. The lowest BCUT2D eigenvalue weighted by atomic mass is 10.1. The van der Waals surface area contributed by atoms with Crippen LogP contribution in [-0.2, 0) is 0 Å². The Labute approximate surface area is 118 Å². The summed E-state index contributed by atoms with van der Waals surface area (Å²) in [6.07, 6.45) is 5.22. The first-order valence-electron chi connectivity index (χ1n) is 6.11. The van der Waals surface area contributed by atoms with Gasteiger partial charge in [0, 0.05) is 12.6 Å². The lowest BCUT2D eigenvalue weighted by Crippen LogP contribution is -2.28. The van der Waals surface area contributed by atoms with Gasteiger partial charge in [-0.25, -0.2) is 0 Å². The largest absolute Gasteiger partial charge is 0.496 e. The maximum Gasteiger partial charge on any atom is 0.133 e. The molecular formula is C14H21BrN2O. The Kier molecular flexibility index (Phi) is 7.01. The molecule has 0 aromatic heterocycles.